The van der Waals surface area contributed by atoms with Gasteiger partial charge in [-0.25, -0.2) is 19.6 Å². The normalized spacial score (nSPS) is 11.2. The van der Waals surface area contributed by atoms with Crippen molar-refractivity contribution >= 4 is 39.9 Å². The van der Waals surface area contributed by atoms with Gasteiger partial charge in [0.05, 0.1) is 5.51 Å². The van der Waals surface area contributed by atoms with Gasteiger partial charge in [0, 0.05) is 11.4 Å². The van der Waals surface area contributed by atoms with Crippen molar-refractivity contribution in [2.24, 2.45) is 0 Å². The van der Waals surface area contributed by atoms with Crippen LogP contribution in [-0.2, 0) is 0 Å². The third-order valence-electron chi connectivity index (χ3n) is 2.90. The van der Waals surface area contributed by atoms with Crippen LogP contribution < -0.4 is 11.1 Å². The maximum absolute atomic E-state index is 12.1. The van der Waals surface area contributed by atoms with Gasteiger partial charge in [0.25, 0.3) is 5.91 Å². The van der Waals surface area contributed by atoms with E-state index >= 15 is 0 Å². The first kappa shape index (κ1) is 13.4. The molecule has 3 rings (SSSR count). The van der Waals surface area contributed by atoms with E-state index in [-0.39, 0.29) is 17.8 Å². The minimum atomic E-state index is -0.338. The van der Waals surface area contributed by atoms with Crippen LogP contribution in [0.5, 0.6) is 0 Å². The molecule has 0 unspecified atom stereocenters. The van der Waals surface area contributed by atoms with Gasteiger partial charge in [-0.05, 0) is 13.8 Å². The smallest absolute Gasteiger partial charge is 0.276 e. The van der Waals surface area contributed by atoms with E-state index in [4.69, 9.17) is 5.73 Å². The van der Waals surface area contributed by atoms with Gasteiger partial charge < -0.3 is 11.1 Å². The number of amides is 1. The third kappa shape index (κ3) is 2.31. The SMILES string of the molecule is CC(C)n1nc(NC(=O)c2cscn2)c2c(N)ncnc21. The Morgan fingerprint density at radius 2 is 2.19 bits per heavy atom. The first-order valence-corrected chi connectivity index (χ1v) is 7.20. The number of nitrogens with two attached hydrogens (primary N) is 1. The number of thiazole rings is 1. The summed E-state index contributed by atoms with van der Waals surface area (Å²) < 4.78 is 1.70. The summed E-state index contributed by atoms with van der Waals surface area (Å²) in [5.41, 5.74) is 8.41. The molecule has 3 aromatic rings. The van der Waals surface area contributed by atoms with Gasteiger partial charge in [0.1, 0.15) is 23.2 Å². The molecular formula is C12H13N7OS. The van der Waals surface area contributed by atoms with Crippen LogP contribution in [0.15, 0.2) is 17.2 Å². The van der Waals surface area contributed by atoms with Gasteiger partial charge in [-0.3, -0.25) is 4.79 Å². The fourth-order valence-electron chi connectivity index (χ4n) is 1.94. The Bertz CT molecular complexity index is 793. The molecule has 0 radical (unpaired) electrons. The summed E-state index contributed by atoms with van der Waals surface area (Å²) >= 11 is 1.35. The molecule has 0 aliphatic rings. The number of fused-ring (bicyclic) bond motifs is 1. The van der Waals surface area contributed by atoms with Crippen LogP contribution in [0.1, 0.15) is 30.4 Å². The van der Waals surface area contributed by atoms with E-state index in [2.05, 4.69) is 25.4 Å². The van der Waals surface area contributed by atoms with E-state index in [9.17, 15) is 4.79 Å². The van der Waals surface area contributed by atoms with Gasteiger partial charge in [0.15, 0.2) is 11.5 Å². The molecule has 9 heteroatoms. The molecule has 21 heavy (non-hydrogen) atoms. The van der Waals surface area contributed by atoms with Gasteiger partial charge in [-0.1, -0.05) is 0 Å². The van der Waals surface area contributed by atoms with Crippen LogP contribution >= 0.6 is 11.3 Å². The molecule has 0 aromatic carbocycles. The minimum Gasteiger partial charge on any atom is -0.383 e. The highest BCUT2D eigenvalue weighted by molar-refractivity contribution is 7.07. The Hall–Kier alpha value is -2.55. The zero-order chi connectivity index (χ0) is 15.0. The van der Waals surface area contributed by atoms with Crippen LogP contribution in [0.2, 0.25) is 0 Å². The second kappa shape index (κ2) is 5.09. The van der Waals surface area contributed by atoms with Gasteiger partial charge in [0.2, 0.25) is 0 Å². The molecule has 3 aromatic heterocycles. The summed E-state index contributed by atoms with van der Waals surface area (Å²) in [5.74, 6) is 0.282. The molecule has 3 heterocycles. The number of nitrogens with one attached hydrogen (secondary N) is 1. The van der Waals surface area contributed by atoms with E-state index in [1.165, 1.54) is 17.7 Å². The Kier molecular flexibility index (Phi) is 3.26. The highest BCUT2D eigenvalue weighted by Crippen LogP contribution is 2.27. The second-order valence-electron chi connectivity index (χ2n) is 4.67. The Morgan fingerprint density at radius 1 is 1.38 bits per heavy atom. The fraction of sp³-hybridized carbons (Fsp3) is 0.250. The van der Waals surface area contributed by atoms with E-state index < -0.39 is 0 Å². The first-order chi connectivity index (χ1) is 10.1. The maximum atomic E-state index is 12.1. The van der Waals surface area contributed by atoms with Crippen LogP contribution in [0, 0.1) is 0 Å². The van der Waals surface area contributed by atoms with Crippen LogP contribution in [0.25, 0.3) is 11.0 Å². The van der Waals surface area contributed by atoms with Crippen LogP contribution in [0.3, 0.4) is 0 Å². The summed E-state index contributed by atoms with van der Waals surface area (Å²) in [7, 11) is 0. The summed E-state index contributed by atoms with van der Waals surface area (Å²) in [6, 6.07) is 0.0757. The quantitative estimate of drug-likeness (QED) is 0.761. The predicted molar refractivity (Wildman–Crippen MR) is 80.2 cm³/mol. The van der Waals surface area contributed by atoms with Crippen molar-refractivity contribution < 1.29 is 4.79 Å². The monoisotopic (exact) mass is 303 g/mol. The number of anilines is 2. The Balaban J connectivity index is 2.08. The van der Waals surface area contributed by atoms with Crippen molar-refractivity contribution in [1.29, 1.82) is 0 Å². The first-order valence-electron chi connectivity index (χ1n) is 6.26. The average Bonchev–Trinajstić information content (AvgIpc) is 3.07. The Labute approximate surface area is 124 Å². The van der Waals surface area contributed by atoms with Crippen molar-refractivity contribution in [2.45, 2.75) is 19.9 Å². The summed E-state index contributed by atoms with van der Waals surface area (Å²) in [5, 5.41) is 9.29. The van der Waals surface area contributed by atoms with Crippen LogP contribution in [0.4, 0.5) is 11.6 Å². The summed E-state index contributed by atoms with van der Waals surface area (Å²) in [6.07, 6.45) is 1.38. The lowest BCUT2D eigenvalue weighted by molar-refractivity contribution is 0.102. The molecule has 0 atom stereocenters. The molecule has 0 saturated heterocycles. The number of carbonyl (C=O) groups excluding carboxylic acids is 1. The summed E-state index contributed by atoms with van der Waals surface area (Å²) in [4.78, 5) is 24.2. The van der Waals surface area contributed by atoms with Gasteiger partial charge in [-0.15, -0.1) is 11.3 Å². The summed E-state index contributed by atoms with van der Waals surface area (Å²) in [6.45, 7) is 3.94. The standard InChI is InChI=1S/C12H13N7OS/c1-6(2)19-11-8(9(13)14-4-15-11)10(18-19)17-12(20)7-3-21-5-16-7/h3-6H,1-2H3,(H2,13,14,15)(H,17,18,20). The third-order valence-corrected chi connectivity index (χ3v) is 3.49. The van der Waals surface area contributed by atoms with Crippen molar-refractivity contribution in [3.05, 3.63) is 22.9 Å². The topological polar surface area (TPSA) is 112 Å². The molecule has 0 aliphatic carbocycles. The molecule has 8 nitrogen and oxygen atoms in total. The number of rotatable bonds is 3. The van der Waals surface area contributed by atoms with Crippen molar-refractivity contribution in [3.8, 4) is 0 Å². The van der Waals surface area contributed by atoms with Gasteiger partial charge in [-0.2, -0.15) is 5.10 Å². The zero-order valence-electron chi connectivity index (χ0n) is 11.4. The fourth-order valence-corrected chi connectivity index (χ4v) is 2.47. The number of aromatic nitrogens is 5. The zero-order valence-corrected chi connectivity index (χ0v) is 12.3. The van der Waals surface area contributed by atoms with E-state index in [1.54, 1.807) is 15.6 Å². The predicted octanol–water partition coefficient (Wildman–Crippen LogP) is 1.70. The lowest BCUT2D eigenvalue weighted by Gasteiger charge is -2.05. The van der Waals surface area contributed by atoms with E-state index in [1.807, 2.05) is 13.8 Å². The van der Waals surface area contributed by atoms with Crippen molar-refractivity contribution in [2.75, 3.05) is 11.1 Å². The number of hydrogen-bond acceptors (Lipinski definition) is 7. The van der Waals surface area contributed by atoms with Crippen molar-refractivity contribution in [3.63, 3.8) is 0 Å². The molecule has 0 fully saturated rings. The maximum Gasteiger partial charge on any atom is 0.276 e. The van der Waals surface area contributed by atoms with E-state index in [0.717, 1.165) is 0 Å². The van der Waals surface area contributed by atoms with Crippen LogP contribution in [-0.4, -0.2) is 30.6 Å². The molecule has 0 saturated carbocycles. The molecule has 108 valence electrons. The molecule has 3 N–H and O–H groups in total. The second-order valence-corrected chi connectivity index (χ2v) is 5.39. The Morgan fingerprint density at radius 3 is 2.86 bits per heavy atom. The lowest BCUT2D eigenvalue weighted by atomic mass is 10.3. The van der Waals surface area contributed by atoms with Gasteiger partial charge >= 0.3 is 0 Å². The average molecular weight is 303 g/mol. The largest absolute Gasteiger partial charge is 0.383 e. The van der Waals surface area contributed by atoms with Crippen molar-refractivity contribution in [1.82, 2.24) is 24.7 Å². The number of hydrogen-bond donors (Lipinski definition) is 2. The number of nitrogen functional groups attached to an aromatic ring is 1. The molecular weight excluding hydrogens is 290 g/mol. The molecule has 0 spiro atoms. The molecule has 0 aliphatic heterocycles. The highest BCUT2D eigenvalue weighted by atomic mass is 32.1. The number of nitrogens with zero attached hydrogens (tertiary/aromatic N) is 5. The highest BCUT2D eigenvalue weighted by Gasteiger charge is 2.19. The van der Waals surface area contributed by atoms with E-state index in [0.29, 0.717) is 22.5 Å². The lowest BCUT2D eigenvalue weighted by Crippen LogP contribution is -2.13. The number of carbonyl (C=O) groups is 1. The minimum absolute atomic E-state index is 0.0757. The molecule has 1 amide bonds. The molecule has 0 bridgehead atoms.